The van der Waals surface area contributed by atoms with Gasteiger partial charge < -0.3 is 4.57 Å². The van der Waals surface area contributed by atoms with Gasteiger partial charge in [-0.3, -0.25) is 4.79 Å². The van der Waals surface area contributed by atoms with Crippen molar-refractivity contribution in [3.63, 3.8) is 0 Å². The highest BCUT2D eigenvalue weighted by molar-refractivity contribution is 8.00. The number of hydrogen-bond acceptors (Lipinski definition) is 5. The van der Waals surface area contributed by atoms with Gasteiger partial charge in [-0.1, -0.05) is 37.6 Å². The Hall–Kier alpha value is -2.43. The molecule has 31 heavy (non-hydrogen) atoms. The summed E-state index contributed by atoms with van der Waals surface area (Å²) in [4.78, 5) is 16.7. The molecule has 11 heteroatoms. The number of hydrogen-bond donors (Lipinski definition) is 1. The number of carbonyl (C=O) groups excluding carboxylic acids is 1. The van der Waals surface area contributed by atoms with Crippen LogP contribution in [0, 0.1) is 11.6 Å². The molecule has 0 bridgehead atoms. The fraction of sp³-hybridized carbons (Fsp3) is 0.200. The highest BCUT2D eigenvalue weighted by Gasteiger charge is 2.27. The van der Waals surface area contributed by atoms with Gasteiger partial charge in [0.1, 0.15) is 28.0 Å². The first-order valence-electron chi connectivity index (χ1n) is 9.01. The van der Waals surface area contributed by atoms with Crippen molar-refractivity contribution in [3.8, 4) is 11.4 Å². The minimum atomic E-state index is -4.35. The molecular weight excluding hydrogens is 468 g/mol. The topological polar surface area (TPSA) is 81.1 Å². The van der Waals surface area contributed by atoms with Crippen molar-refractivity contribution in [2.75, 3.05) is 0 Å². The summed E-state index contributed by atoms with van der Waals surface area (Å²) in [6.07, 6.45) is 1.18. The molecule has 2 aromatic carbocycles. The summed E-state index contributed by atoms with van der Waals surface area (Å²) in [6, 6.07) is 7.93. The van der Waals surface area contributed by atoms with Crippen molar-refractivity contribution in [1.82, 2.24) is 14.3 Å². The maximum absolute atomic E-state index is 14.1. The van der Waals surface area contributed by atoms with Crippen molar-refractivity contribution in [2.24, 2.45) is 7.05 Å². The van der Waals surface area contributed by atoms with Crippen molar-refractivity contribution in [1.29, 1.82) is 0 Å². The van der Waals surface area contributed by atoms with E-state index in [0.717, 1.165) is 12.1 Å². The first kappa shape index (κ1) is 23.2. The van der Waals surface area contributed by atoms with Gasteiger partial charge in [-0.05, 0) is 24.3 Å². The average Bonchev–Trinajstić information content (AvgIpc) is 3.02. The molecule has 1 aromatic heterocycles. The summed E-state index contributed by atoms with van der Waals surface area (Å²) in [5.41, 5.74) is -0.748. The Bertz CT molecular complexity index is 1240. The molecule has 0 unspecified atom stereocenters. The molecular formula is C20H18ClF2N3O3S2. The Morgan fingerprint density at radius 3 is 2.39 bits per heavy atom. The normalized spacial score (nSPS) is 11.7. The van der Waals surface area contributed by atoms with Gasteiger partial charge in [-0.25, -0.2) is 26.9 Å². The van der Waals surface area contributed by atoms with E-state index >= 15 is 0 Å². The van der Waals surface area contributed by atoms with E-state index in [1.54, 1.807) is 12.1 Å². The Labute approximate surface area is 187 Å². The number of rotatable bonds is 6. The highest BCUT2D eigenvalue weighted by atomic mass is 35.5. The molecule has 6 nitrogen and oxygen atoms in total. The molecule has 1 N–H and O–H groups in total. The smallest absolute Gasteiger partial charge is 0.285 e. The Balaban J connectivity index is 1.96. The highest BCUT2D eigenvalue weighted by Crippen LogP contribution is 2.34. The second-order valence-corrected chi connectivity index (χ2v) is 10.5. The fourth-order valence-corrected chi connectivity index (χ4v) is 5.84. The van der Waals surface area contributed by atoms with E-state index in [1.807, 2.05) is 18.6 Å². The molecule has 0 aliphatic carbocycles. The summed E-state index contributed by atoms with van der Waals surface area (Å²) in [5, 5.41) is 0.0261. The first-order chi connectivity index (χ1) is 14.5. The van der Waals surface area contributed by atoms with E-state index < -0.39 is 33.1 Å². The zero-order valence-electron chi connectivity index (χ0n) is 16.7. The van der Waals surface area contributed by atoms with Crippen molar-refractivity contribution in [2.45, 2.75) is 28.9 Å². The molecule has 1 heterocycles. The van der Waals surface area contributed by atoms with Crippen LogP contribution in [0.25, 0.3) is 11.4 Å². The number of thioether (sulfide) groups is 1. The number of aromatic nitrogens is 2. The monoisotopic (exact) mass is 485 g/mol. The van der Waals surface area contributed by atoms with Crippen LogP contribution in [-0.2, 0) is 17.1 Å². The van der Waals surface area contributed by atoms with Gasteiger partial charge in [0.2, 0.25) is 0 Å². The quantitative estimate of drug-likeness (QED) is 0.514. The van der Waals surface area contributed by atoms with Gasteiger partial charge in [0.15, 0.2) is 0 Å². The first-order valence-corrected chi connectivity index (χ1v) is 11.8. The van der Waals surface area contributed by atoms with Crippen LogP contribution in [0.3, 0.4) is 0 Å². The van der Waals surface area contributed by atoms with Gasteiger partial charge in [-0.2, -0.15) is 0 Å². The van der Waals surface area contributed by atoms with Crippen LogP contribution in [0.5, 0.6) is 0 Å². The summed E-state index contributed by atoms with van der Waals surface area (Å²) >= 11 is 7.40. The fourth-order valence-electron chi connectivity index (χ4n) is 2.84. The second kappa shape index (κ2) is 8.97. The minimum Gasteiger partial charge on any atom is -0.333 e. The predicted molar refractivity (Wildman–Crippen MR) is 116 cm³/mol. The number of carbonyl (C=O) groups is 1. The number of halogens is 3. The van der Waals surface area contributed by atoms with Gasteiger partial charge in [0.05, 0.1) is 10.6 Å². The third kappa shape index (κ3) is 4.91. The van der Waals surface area contributed by atoms with Crippen LogP contribution < -0.4 is 4.72 Å². The number of nitrogens with one attached hydrogen (secondary N) is 1. The third-order valence-electron chi connectivity index (χ3n) is 4.08. The third-order valence-corrected chi connectivity index (χ3v) is 7.14. The largest absolute Gasteiger partial charge is 0.333 e. The Morgan fingerprint density at radius 2 is 1.77 bits per heavy atom. The summed E-state index contributed by atoms with van der Waals surface area (Å²) in [7, 11) is -2.91. The summed E-state index contributed by atoms with van der Waals surface area (Å²) in [6.45, 7) is 3.77. The Morgan fingerprint density at radius 1 is 1.16 bits per heavy atom. The van der Waals surface area contributed by atoms with Crippen LogP contribution in [-0.4, -0.2) is 29.1 Å². The maximum Gasteiger partial charge on any atom is 0.285 e. The zero-order chi connectivity index (χ0) is 22.9. The van der Waals surface area contributed by atoms with Gasteiger partial charge in [-0.15, -0.1) is 11.8 Å². The minimum absolute atomic E-state index is 0.0407. The molecule has 0 saturated heterocycles. The molecule has 0 spiro atoms. The lowest BCUT2D eigenvalue weighted by atomic mass is 10.2. The van der Waals surface area contributed by atoms with Crippen LogP contribution in [0.2, 0.25) is 5.02 Å². The number of benzene rings is 2. The molecule has 0 saturated carbocycles. The van der Waals surface area contributed by atoms with Crippen LogP contribution in [0.1, 0.15) is 24.3 Å². The molecule has 0 atom stereocenters. The van der Waals surface area contributed by atoms with Crippen LogP contribution in [0.4, 0.5) is 8.78 Å². The number of aryl methyl sites for hydroxylation is 1. The lowest BCUT2D eigenvalue weighted by Crippen LogP contribution is -2.31. The van der Waals surface area contributed by atoms with E-state index in [1.165, 1.54) is 41.7 Å². The van der Waals surface area contributed by atoms with Gasteiger partial charge >= 0.3 is 0 Å². The predicted octanol–water partition coefficient (Wildman–Crippen LogP) is 4.64. The van der Waals surface area contributed by atoms with Gasteiger partial charge in [0, 0.05) is 23.4 Å². The van der Waals surface area contributed by atoms with Crippen LogP contribution in [0.15, 0.2) is 52.4 Å². The van der Waals surface area contributed by atoms with Crippen LogP contribution >= 0.6 is 23.4 Å². The second-order valence-electron chi connectivity index (χ2n) is 6.83. The van der Waals surface area contributed by atoms with Gasteiger partial charge in [0.25, 0.3) is 15.9 Å². The molecule has 0 aliphatic rings. The van der Waals surface area contributed by atoms with Crippen molar-refractivity contribution >= 4 is 39.3 Å². The molecule has 164 valence electrons. The Kier molecular flexibility index (Phi) is 6.73. The zero-order valence-corrected chi connectivity index (χ0v) is 19.1. The average molecular weight is 486 g/mol. The lowest BCUT2D eigenvalue weighted by molar-refractivity contribution is 0.0977. The maximum atomic E-state index is 14.1. The summed E-state index contributed by atoms with van der Waals surface area (Å²) < 4.78 is 57.2. The number of nitrogens with zero attached hydrogens (tertiary/aromatic N) is 2. The van der Waals surface area contributed by atoms with Crippen molar-refractivity contribution < 1.29 is 22.0 Å². The molecule has 1 amide bonds. The lowest BCUT2D eigenvalue weighted by Gasteiger charge is -2.13. The number of sulfonamides is 1. The molecule has 0 fully saturated rings. The van der Waals surface area contributed by atoms with E-state index in [0.29, 0.717) is 4.90 Å². The molecule has 3 aromatic rings. The number of imidazole rings is 1. The van der Waals surface area contributed by atoms with Crippen molar-refractivity contribution in [3.05, 3.63) is 64.9 Å². The standard InChI is InChI=1S/C20H18ClF2N3O3S2/c1-11(2)30-16-9-4-6-12(21)18(16)31(28,29)25-20(27)15-10-26(3)19(24-15)17-13(22)7-5-8-14(17)23/h4-11H,1-3H3,(H,25,27). The van der Waals surface area contributed by atoms with E-state index in [-0.39, 0.29) is 26.7 Å². The SMILES string of the molecule is CC(C)Sc1cccc(Cl)c1S(=O)(=O)NC(=O)c1cn(C)c(-c2c(F)cccc2F)n1. The molecule has 3 rings (SSSR count). The van der Waals surface area contributed by atoms with E-state index in [9.17, 15) is 22.0 Å². The summed E-state index contributed by atoms with van der Waals surface area (Å²) in [5.74, 6) is -2.94. The van der Waals surface area contributed by atoms with E-state index in [4.69, 9.17) is 11.6 Å². The van der Waals surface area contributed by atoms with E-state index in [2.05, 4.69) is 4.98 Å². The molecule has 0 aliphatic heterocycles. The molecule has 0 radical (unpaired) electrons. The number of amides is 1.